The molecule has 8 aromatic carbocycles. The van der Waals surface area contributed by atoms with Crippen LogP contribution >= 0.6 is 0 Å². The third-order valence-electron chi connectivity index (χ3n) is 10.3. The molecule has 0 radical (unpaired) electrons. The molecule has 0 atom stereocenters. The number of benzene rings is 8. The highest BCUT2D eigenvalue weighted by Crippen LogP contribution is 2.41. The van der Waals surface area contributed by atoms with Gasteiger partial charge in [0.15, 0.2) is 11.4 Å². The van der Waals surface area contributed by atoms with Gasteiger partial charge in [0.05, 0.1) is 11.0 Å². The van der Waals surface area contributed by atoms with Crippen molar-refractivity contribution >= 4 is 65.4 Å². The van der Waals surface area contributed by atoms with Crippen LogP contribution in [-0.4, -0.2) is 14.5 Å². The van der Waals surface area contributed by atoms with E-state index in [4.69, 9.17) is 14.4 Å². The number of fused-ring (bicyclic) bond motifs is 8. The molecule has 11 rings (SSSR count). The third-order valence-corrected chi connectivity index (χ3v) is 10.3. The normalized spacial score (nSPS) is 11.8. The van der Waals surface area contributed by atoms with Crippen molar-refractivity contribution in [3.8, 4) is 39.5 Å². The topological polar surface area (TPSA) is 43.9 Å². The SMILES string of the molecule is c1ccc(-c2nc(-c3ccccc3)c3oc4ccc(-c5cc(-n6c7ccccc7c7cc8ccccc8cc76)cc6ccccc56)cc4c3n2)cc1. The van der Waals surface area contributed by atoms with Crippen LogP contribution in [-0.2, 0) is 0 Å². The second kappa shape index (κ2) is 11.2. The average molecular weight is 664 g/mol. The Labute approximate surface area is 298 Å². The van der Waals surface area contributed by atoms with Gasteiger partial charge in [-0.15, -0.1) is 0 Å². The predicted molar refractivity (Wildman–Crippen MR) is 215 cm³/mol. The van der Waals surface area contributed by atoms with Crippen molar-refractivity contribution in [1.82, 2.24) is 14.5 Å². The van der Waals surface area contributed by atoms with Gasteiger partial charge in [0, 0.05) is 33.0 Å². The first kappa shape index (κ1) is 28.8. The molecular formula is C48H29N3O. The predicted octanol–water partition coefficient (Wildman–Crippen LogP) is 12.8. The highest BCUT2D eigenvalue weighted by molar-refractivity contribution is 6.14. The van der Waals surface area contributed by atoms with E-state index in [2.05, 4.69) is 144 Å². The molecule has 0 N–H and O–H groups in total. The molecule has 0 fully saturated rings. The molecule has 0 bridgehead atoms. The molecule has 0 aliphatic carbocycles. The number of nitrogens with zero attached hydrogens (tertiary/aromatic N) is 3. The van der Waals surface area contributed by atoms with Gasteiger partial charge in [-0.1, -0.05) is 133 Å². The van der Waals surface area contributed by atoms with E-state index in [-0.39, 0.29) is 0 Å². The van der Waals surface area contributed by atoms with Crippen LogP contribution < -0.4 is 0 Å². The molecule has 4 nitrogen and oxygen atoms in total. The lowest BCUT2D eigenvalue weighted by Gasteiger charge is -2.14. The monoisotopic (exact) mass is 663 g/mol. The lowest BCUT2D eigenvalue weighted by molar-refractivity contribution is 0.667. The summed E-state index contributed by atoms with van der Waals surface area (Å²) in [4.78, 5) is 10.2. The molecule has 0 amide bonds. The maximum Gasteiger partial charge on any atom is 0.180 e. The van der Waals surface area contributed by atoms with E-state index >= 15 is 0 Å². The molecule has 0 aliphatic rings. The van der Waals surface area contributed by atoms with E-state index in [1.54, 1.807) is 0 Å². The Hall–Kier alpha value is -7.04. The molecule has 3 heterocycles. The minimum atomic E-state index is 0.673. The van der Waals surface area contributed by atoms with Crippen LogP contribution in [0.4, 0.5) is 0 Å². The molecule has 3 aromatic heterocycles. The van der Waals surface area contributed by atoms with E-state index in [0.717, 1.165) is 50.1 Å². The zero-order valence-electron chi connectivity index (χ0n) is 28.0. The van der Waals surface area contributed by atoms with Crippen LogP contribution in [0, 0.1) is 0 Å². The molecule has 0 saturated heterocycles. The van der Waals surface area contributed by atoms with Crippen molar-refractivity contribution in [1.29, 1.82) is 0 Å². The summed E-state index contributed by atoms with van der Waals surface area (Å²) >= 11 is 0. The van der Waals surface area contributed by atoms with Gasteiger partial charge in [0.25, 0.3) is 0 Å². The molecule has 11 aromatic rings. The van der Waals surface area contributed by atoms with E-state index in [0.29, 0.717) is 11.4 Å². The van der Waals surface area contributed by atoms with E-state index in [1.807, 2.05) is 36.4 Å². The van der Waals surface area contributed by atoms with Gasteiger partial charge in [-0.3, -0.25) is 0 Å². The molecule has 0 spiro atoms. The number of para-hydroxylation sites is 1. The number of hydrogen-bond acceptors (Lipinski definition) is 3. The summed E-state index contributed by atoms with van der Waals surface area (Å²) in [5, 5.41) is 8.29. The highest BCUT2D eigenvalue weighted by Gasteiger charge is 2.20. The first-order chi connectivity index (χ1) is 25.8. The van der Waals surface area contributed by atoms with Crippen molar-refractivity contribution in [2.45, 2.75) is 0 Å². The largest absolute Gasteiger partial charge is 0.452 e. The minimum Gasteiger partial charge on any atom is -0.452 e. The van der Waals surface area contributed by atoms with Gasteiger partial charge in [0.2, 0.25) is 0 Å². The Morgan fingerprint density at radius 3 is 1.90 bits per heavy atom. The first-order valence-electron chi connectivity index (χ1n) is 17.6. The standard InChI is InChI=1S/C48H29N3O/c1-3-13-30(14-4-1)45-47-46(50-48(49-45)31-15-5-2-6-16-31)41-27-35(23-24-44(41)52-47)39-29-36(25-34-19-9-10-20-37(34)39)51-42-22-12-11-21-38(42)40-26-32-17-7-8-18-33(32)28-43(40)51/h1-29H. The Bertz CT molecular complexity index is 3180. The van der Waals surface area contributed by atoms with Crippen molar-refractivity contribution in [3.05, 3.63) is 176 Å². The fourth-order valence-electron chi connectivity index (χ4n) is 7.92. The number of rotatable bonds is 4. The van der Waals surface area contributed by atoms with Gasteiger partial charge in [-0.25, -0.2) is 9.97 Å². The summed E-state index contributed by atoms with van der Waals surface area (Å²) in [6.45, 7) is 0. The first-order valence-corrected chi connectivity index (χ1v) is 17.6. The number of furan rings is 1. The molecule has 0 saturated carbocycles. The molecule has 52 heavy (non-hydrogen) atoms. The van der Waals surface area contributed by atoms with Gasteiger partial charge in [0.1, 0.15) is 16.8 Å². The zero-order chi connectivity index (χ0) is 34.2. The minimum absolute atomic E-state index is 0.673. The van der Waals surface area contributed by atoms with Crippen molar-refractivity contribution in [2.75, 3.05) is 0 Å². The molecule has 0 unspecified atom stereocenters. The lowest BCUT2D eigenvalue weighted by atomic mass is 9.96. The smallest absolute Gasteiger partial charge is 0.180 e. The molecule has 4 heteroatoms. The van der Waals surface area contributed by atoms with Gasteiger partial charge >= 0.3 is 0 Å². The second-order valence-electron chi connectivity index (χ2n) is 13.4. The van der Waals surface area contributed by atoms with Crippen molar-refractivity contribution < 1.29 is 4.42 Å². The summed E-state index contributed by atoms with van der Waals surface area (Å²) in [6.07, 6.45) is 0. The fourth-order valence-corrected chi connectivity index (χ4v) is 7.92. The Balaban J connectivity index is 1.18. The molecule has 0 aliphatic heterocycles. The fraction of sp³-hybridized carbons (Fsp3) is 0. The second-order valence-corrected chi connectivity index (χ2v) is 13.4. The Kier molecular flexibility index (Phi) is 6.22. The highest BCUT2D eigenvalue weighted by atomic mass is 16.3. The average Bonchev–Trinajstić information content (AvgIpc) is 3.74. The van der Waals surface area contributed by atoms with Crippen molar-refractivity contribution in [2.24, 2.45) is 0 Å². The maximum atomic E-state index is 6.59. The van der Waals surface area contributed by atoms with Crippen LogP contribution in [0.25, 0.3) is 105 Å². The van der Waals surface area contributed by atoms with E-state index in [1.165, 1.54) is 43.4 Å². The van der Waals surface area contributed by atoms with Crippen LogP contribution in [0.2, 0.25) is 0 Å². The Morgan fingerprint density at radius 2 is 1.10 bits per heavy atom. The number of hydrogen-bond donors (Lipinski definition) is 0. The molecule has 242 valence electrons. The van der Waals surface area contributed by atoms with Crippen LogP contribution in [0.1, 0.15) is 0 Å². The van der Waals surface area contributed by atoms with Crippen LogP contribution in [0.3, 0.4) is 0 Å². The van der Waals surface area contributed by atoms with E-state index < -0.39 is 0 Å². The van der Waals surface area contributed by atoms with Crippen LogP contribution in [0.5, 0.6) is 0 Å². The summed E-state index contributed by atoms with van der Waals surface area (Å²) < 4.78 is 9.01. The van der Waals surface area contributed by atoms with Crippen LogP contribution in [0.15, 0.2) is 180 Å². The maximum absolute atomic E-state index is 6.59. The summed E-state index contributed by atoms with van der Waals surface area (Å²) in [5.41, 5.74) is 10.8. The summed E-state index contributed by atoms with van der Waals surface area (Å²) in [7, 11) is 0. The van der Waals surface area contributed by atoms with Crippen molar-refractivity contribution in [3.63, 3.8) is 0 Å². The summed E-state index contributed by atoms with van der Waals surface area (Å²) in [5.74, 6) is 0.673. The zero-order valence-corrected chi connectivity index (χ0v) is 28.0. The van der Waals surface area contributed by atoms with E-state index in [9.17, 15) is 0 Å². The van der Waals surface area contributed by atoms with Gasteiger partial charge in [-0.2, -0.15) is 0 Å². The summed E-state index contributed by atoms with van der Waals surface area (Å²) in [6, 6.07) is 62.2. The quantitative estimate of drug-likeness (QED) is 0.188. The molecular weight excluding hydrogens is 635 g/mol. The number of aromatic nitrogens is 3. The third kappa shape index (κ3) is 4.41. The van der Waals surface area contributed by atoms with Gasteiger partial charge < -0.3 is 8.98 Å². The Morgan fingerprint density at radius 1 is 0.423 bits per heavy atom. The van der Waals surface area contributed by atoms with Gasteiger partial charge in [-0.05, 0) is 75.1 Å². The lowest BCUT2D eigenvalue weighted by Crippen LogP contribution is -1.96.